The predicted octanol–water partition coefficient (Wildman–Crippen LogP) is 2.95. The zero-order chi connectivity index (χ0) is 16.0. The SMILES string of the molecule is Cn1cc(C(=O)N2CC[C@@H]3CCCC[C@]3(O)C2)c2ccccc21. The molecule has 1 aliphatic heterocycles. The van der Waals surface area contributed by atoms with E-state index < -0.39 is 5.60 Å². The number of hydrogen-bond acceptors (Lipinski definition) is 2. The fourth-order valence-electron chi connectivity index (χ4n) is 4.49. The molecule has 4 nitrogen and oxygen atoms in total. The first-order valence-electron chi connectivity index (χ1n) is 8.64. The number of aryl methyl sites for hydroxylation is 1. The summed E-state index contributed by atoms with van der Waals surface area (Å²) in [6.07, 6.45) is 7.06. The van der Waals surface area contributed by atoms with Crippen LogP contribution >= 0.6 is 0 Å². The van der Waals surface area contributed by atoms with Crippen LogP contribution in [0.4, 0.5) is 0 Å². The molecule has 0 unspecified atom stereocenters. The number of hydrogen-bond donors (Lipinski definition) is 1. The van der Waals surface area contributed by atoms with Crippen LogP contribution in [-0.2, 0) is 7.05 Å². The molecule has 1 saturated heterocycles. The van der Waals surface area contributed by atoms with Gasteiger partial charge >= 0.3 is 0 Å². The van der Waals surface area contributed by atoms with Gasteiger partial charge in [0.05, 0.1) is 11.2 Å². The van der Waals surface area contributed by atoms with Gasteiger partial charge in [-0.05, 0) is 31.2 Å². The van der Waals surface area contributed by atoms with Gasteiger partial charge in [0.1, 0.15) is 0 Å². The van der Waals surface area contributed by atoms with E-state index >= 15 is 0 Å². The molecule has 1 saturated carbocycles. The van der Waals surface area contributed by atoms with Crippen LogP contribution in [0.1, 0.15) is 42.5 Å². The second kappa shape index (κ2) is 5.38. The first-order chi connectivity index (χ1) is 11.1. The summed E-state index contributed by atoms with van der Waals surface area (Å²) in [6, 6.07) is 8.00. The van der Waals surface area contributed by atoms with Gasteiger partial charge in [-0.15, -0.1) is 0 Å². The van der Waals surface area contributed by atoms with Crippen LogP contribution in [0.3, 0.4) is 0 Å². The number of β-amino-alcohol motifs (C(OH)–C–C–N with tert-alkyl or cyclic N) is 1. The predicted molar refractivity (Wildman–Crippen MR) is 90.3 cm³/mol. The van der Waals surface area contributed by atoms with Gasteiger partial charge in [-0.3, -0.25) is 4.79 Å². The average Bonchev–Trinajstić information content (AvgIpc) is 2.90. The first kappa shape index (κ1) is 14.8. The van der Waals surface area contributed by atoms with Crippen LogP contribution < -0.4 is 0 Å². The van der Waals surface area contributed by atoms with Gasteiger partial charge < -0.3 is 14.6 Å². The molecule has 0 radical (unpaired) electrons. The number of carbonyl (C=O) groups is 1. The molecule has 0 bridgehead atoms. The van der Waals surface area contributed by atoms with E-state index in [0.29, 0.717) is 12.5 Å². The van der Waals surface area contributed by atoms with Gasteiger partial charge in [-0.1, -0.05) is 31.0 Å². The molecule has 1 N–H and O–H groups in total. The summed E-state index contributed by atoms with van der Waals surface area (Å²) >= 11 is 0. The Balaban J connectivity index is 1.64. The Morgan fingerprint density at radius 1 is 1.26 bits per heavy atom. The molecule has 4 rings (SSSR count). The van der Waals surface area contributed by atoms with Crippen molar-refractivity contribution < 1.29 is 9.90 Å². The second-order valence-electron chi connectivity index (χ2n) is 7.23. The van der Waals surface area contributed by atoms with Crippen molar-refractivity contribution in [1.29, 1.82) is 0 Å². The molecule has 2 heterocycles. The summed E-state index contributed by atoms with van der Waals surface area (Å²) in [5, 5.41) is 12.0. The van der Waals surface area contributed by atoms with Crippen molar-refractivity contribution in [1.82, 2.24) is 9.47 Å². The van der Waals surface area contributed by atoms with Crippen LogP contribution in [0, 0.1) is 5.92 Å². The fraction of sp³-hybridized carbons (Fsp3) is 0.526. The topological polar surface area (TPSA) is 45.5 Å². The smallest absolute Gasteiger partial charge is 0.256 e. The number of amides is 1. The summed E-state index contributed by atoms with van der Waals surface area (Å²) in [6.45, 7) is 1.24. The van der Waals surface area contributed by atoms with E-state index in [9.17, 15) is 9.90 Å². The Kier molecular flexibility index (Phi) is 3.45. The zero-order valence-electron chi connectivity index (χ0n) is 13.7. The molecule has 23 heavy (non-hydrogen) atoms. The third-order valence-corrected chi connectivity index (χ3v) is 5.80. The monoisotopic (exact) mass is 312 g/mol. The van der Waals surface area contributed by atoms with Crippen LogP contribution in [0.25, 0.3) is 10.9 Å². The van der Waals surface area contributed by atoms with Crippen molar-refractivity contribution in [3.8, 4) is 0 Å². The van der Waals surface area contributed by atoms with Crippen LogP contribution in [0.15, 0.2) is 30.5 Å². The molecule has 2 aromatic rings. The molecule has 4 heteroatoms. The van der Waals surface area contributed by atoms with Crippen molar-refractivity contribution in [2.75, 3.05) is 13.1 Å². The Bertz CT molecular complexity index is 751. The number of fused-ring (bicyclic) bond motifs is 2. The summed E-state index contributed by atoms with van der Waals surface area (Å²) in [4.78, 5) is 14.9. The van der Waals surface area contributed by atoms with Crippen molar-refractivity contribution in [2.45, 2.75) is 37.7 Å². The van der Waals surface area contributed by atoms with E-state index in [1.165, 1.54) is 6.42 Å². The molecule has 2 fully saturated rings. The van der Waals surface area contributed by atoms with E-state index in [1.54, 1.807) is 0 Å². The fourth-order valence-corrected chi connectivity index (χ4v) is 4.49. The summed E-state index contributed by atoms with van der Waals surface area (Å²) in [5.41, 5.74) is 1.15. The van der Waals surface area contributed by atoms with Crippen LogP contribution in [-0.4, -0.2) is 39.2 Å². The zero-order valence-corrected chi connectivity index (χ0v) is 13.7. The highest BCUT2D eigenvalue weighted by Gasteiger charge is 2.44. The lowest BCUT2D eigenvalue weighted by molar-refractivity contribution is -0.0914. The molecular formula is C19H24N2O2. The minimum atomic E-state index is -0.670. The van der Waals surface area contributed by atoms with E-state index in [4.69, 9.17) is 0 Å². The maximum absolute atomic E-state index is 13.0. The third kappa shape index (κ3) is 2.36. The quantitative estimate of drug-likeness (QED) is 0.880. The molecule has 122 valence electrons. The lowest BCUT2D eigenvalue weighted by atomic mass is 9.71. The number of likely N-dealkylation sites (tertiary alicyclic amines) is 1. The van der Waals surface area contributed by atoms with E-state index in [1.807, 2.05) is 47.0 Å². The molecule has 1 aromatic carbocycles. The molecule has 1 aromatic heterocycles. The number of aliphatic hydroxyl groups is 1. The van der Waals surface area contributed by atoms with E-state index in [-0.39, 0.29) is 5.91 Å². The highest BCUT2D eigenvalue weighted by molar-refractivity contribution is 6.07. The molecule has 2 aliphatic rings. The van der Waals surface area contributed by atoms with Crippen molar-refractivity contribution in [2.24, 2.45) is 13.0 Å². The van der Waals surface area contributed by atoms with Gasteiger partial charge in [-0.2, -0.15) is 0 Å². The number of carbonyl (C=O) groups excluding carboxylic acids is 1. The number of piperidine rings is 1. The molecule has 0 spiro atoms. The molecule has 1 amide bonds. The minimum absolute atomic E-state index is 0.0549. The Morgan fingerprint density at radius 3 is 2.96 bits per heavy atom. The molecule has 2 atom stereocenters. The Labute approximate surface area is 136 Å². The summed E-state index contributed by atoms with van der Waals surface area (Å²) in [7, 11) is 1.97. The Morgan fingerprint density at radius 2 is 2.09 bits per heavy atom. The van der Waals surface area contributed by atoms with Crippen molar-refractivity contribution in [3.63, 3.8) is 0 Å². The molecular weight excluding hydrogens is 288 g/mol. The lowest BCUT2D eigenvalue weighted by Gasteiger charge is -2.47. The van der Waals surface area contributed by atoms with Crippen molar-refractivity contribution in [3.05, 3.63) is 36.0 Å². The Hall–Kier alpha value is -1.81. The highest BCUT2D eigenvalue weighted by Crippen LogP contribution is 2.40. The van der Waals surface area contributed by atoms with Gasteiger partial charge in [0.25, 0.3) is 5.91 Å². The molecule has 1 aliphatic carbocycles. The second-order valence-corrected chi connectivity index (χ2v) is 7.23. The van der Waals surface area contributed by atoms with Gasteiger partial charge in [0, 0.05) is 37.2 Å². The maximum atomic E-state index is 13.0. The van der Waals surface area contributed by atoms with Gasteiger partial charge in [-0.25, -0.2) is 0 Å². The van der Waals surface area contributed by atoms with Crippen molar-refractivity contribution >= 4 is 16.8 Å². The first-order valence-corrected chi connectivity index (χ1v) is 8.64. The number of rotatable bonds is 1. The average molecular weight is 312 g/mol. The summed E-state index contributed by atoms with van der Waals surface area (Å²) in [5.74, 6) is 0.423. The summed E-state index contributed by atoms with van der Waals surface area (Å²) < 4.78 is 2.00. The largest absolute Gasteiger partial charge is 0.388 e. The van der Waals surface area contributed by atoms with Gasteiger partial charge in [0.2, 0.25) is 0 Å². The van der Waals surface area contributed by atoms with Crippen LogP contribution in [0.5, 0.6) is 0 Å². The number of para-hydroxylation sites is 1. The standard InChI is InChI=1S/C19H24N2O2/c1-20-12-16(15-7-2-3-8-17(15)20)18(22)21-11-9-14-6-4-5-10-19(14,23)13-21/h2-3,7-8,12,14,23H,4-6,9-11,13H2,1H3/t14-,19-/m0/s1. The van der Waals surface area contributed by atoms with Crippen LogP contribution in [0.2, 0.25) is 0 Å². The lowest BCUT2D eigenvalue weighted by Crippen LogP contribution is -2.56. The highest BCUT2D eigenvalue weighted by atomic mass is 16.3. The number of benzene rings is 1. The van der Waals surface area contributed by atoms with E-state index in [2.05, 4.69) is 0 Å². The third-order valence-electron chi connectivity index (χ3n) is 5.80. The van der Waals surface area contributed by atoms with E-state index in [0.717, 1.165) is 48.7 Å². The number of aromatic nitrogens is 1. The minimum Gasteiger partial charge on any atom is -0.388 e. The maximum Gasteiger partial charge on any atom is 0.256 e. The van der Waals surface area contributed by atoms with Gasteiger partial charge in [0.15, 0.2) is 0 Å². The normalized spacial score (nSPS) is 27.9. The number of nitrogens with zero attached hydrogens (tertiary/aromatic N) is 2.